The van der Waals surface area contributed by atoms with Crippen LogP contribution in [-0.4, -0.2) is 29.2 Å². The van der Waals surface area contributed by atoms with E-state index in [4.69, 9.17) is 0 Å². The highest BCUT2D eigenvalue weighted by molar-refractivity contribution is 5.91. The lowest BCUT2D eigenvalue weighted by atomic mass is 9.94. The molecular formula is C18H22N4O. The Kier molecular flexibility index (Phi) is 4.86. The van der Waals surface area contributed by atoms with Gasteiger partial charge in [0.15, 0.2) is 5.69 Å². The minimum Gasteiger partial charge on any atom is -0.366 e. The predicted molar refractivity (Wildman–Crippen MR) is 90.3 cm³/mol. The average Bonchev–Trinajstić information content (AvgIpc) is 3.02. The highest BCUT2D eigenvalue weighted by atomic mass is 16.1. The molecule has 1 fully saturated rings. The average molecular weight is 310 g/mol. The molecule has 1 aromatic carbocycles. The summed E-state index contributed by atoms with van der Waals surface area (Å²) in [7, 11) is 1.59. The van der Waals surface area contributed by atoms with Crippen LogP contribution in [0.2, 0.25) is 0 Å². The largest absolute Gasteiger partial charge is 0.366 e. The number of amides is 1. The molecule has 5 nitrogen and oxygen atoms in total. The molecule has 2 unspecified atom stereocenters. The maximum Gasteiger partial charge on any atom is 0.271 e. The van der Waals surface area contributed by atoms with Crippen LogP contribution in [0.4, 0.5) is 5.82 Å². The molecule has 0 aliphatic heterocycles. The summed E-state index contributed by atoms with van der Waals surface area (Å²) >= 11 is 0. The van der Waals surface area contributed by atoms with Gasteiger partial charge in [-0.1, -0.05) is 36.8 Å². The molecule has 3 rings (SSSR count). The third kappa shape index (κ3) is 3.86. The Morgan fingerprint density at radius 1 is 1.13 bits per heavy atom. The van der Waals surface area contributed by atoms with E-state index in [1.165, 1.54) is 18.4 Å². The van der Waals surface area contributed by atoms with Gasteiger partial charge in [-0.15, -0.1) is 10.2 Å². The first-order chi connectivity index (χ1) is 11.3. The van der Waals surface area contributed by atoms with Crippen molar-refractivity contribution < 1.29 is 4.79 Å². The Bertz CT molecular complexity index is 642. The van der Waals surface area contributed by atoms with Crippen molar-refractivity contribution in [3.05, 3.63) is 53.7 Å². The first kappa shape index (κ1) is 15.5. The molecular weight excluding hydrogens is 288 g/mol. The highest BCUT2D eigenvalue weighted by Gasteiger charge is 2.27. The van der Waals surface area contributed by atoms with Crippen molar-refractivity contribution in [2.45, 2.75) is 31.7 Å². The summed E-state index contributed by atoms with van der Waals surface area (Å²) in [6, 6.07) is 14.6. The molecule has 1 saturated carbocycles. The molecule has 0 spiro atoms. The van der Waals surface area contributed by atoms with E-state index in [2.05, 4.69) is 51.2 Å². The van der Waals surface area contributed by atoms with Crippen LogP contribution in [-0.2, 0) is 6.42 Å². The summed E-state index contributed by atoms with van der Waals surface area (Å²) < 4.78 is 0. The van der Waals surface area contributed by atoms with Crippen molar-refractivity contribution in [2.75, 3.05) is 12.4 Å². The number of hydrogen-bond acceptors (Lipinski definition) is 4. The molecule has 1 aliphatic carbocycles. The Hall–Kier alpha value is -2.43. The van der Waals surface area contributed by atoms with E-state index >= 15 is 0 Å². The van der Waals surface area contributed by atoms with Gasteiger partial charge in [-0.25, -0.2) is 0 Å². The molecule has 0 radical (unpaired) electrons. The van der Waals surface area contributed by atoms with E-state index in [0.717, 1.165) is 18.7 Å². The number of aromatic nitrogens is 2. The van der Waals surface area contributed by atoms with E-state index in [0.29, 0.717) is 17.7 Å². The fraction of sp³-hybridized carbons (Fsp3) is 0.389. The second kappa shape index (κ2) is 7.22. The lowest BCUT2D eigenvalue weighted by Gasteiger charge is -2.21. The van der Waals surface area contributed by atoms with Gasteiger partial charge in [-0.2, -0.15) is 0 Å². The third-order valence-electron chi connectivity index (χ3n) is 4.46. The molecule has 23 heavy (non-hydrogen) atoms. The van der Waals surface area contributed by atoms with Crippen LogP contribution in [0.3, 0.4) is 0 Å². The molecule has 1 aromatic heterocycles. The minimum absolute atomic E-state index is 0.216. The molecule has 0 bridgehead atoms. The van der Waals surface area contributed by atoms with Crippen LogP contribution in [0, 0.1) is 5.92 Å². The number of carbonyl (C=O) groups is 1. The van der Waals surface area contributed by atoms with E-state index < -0.39 is 0 Å². The zero-order chi connectivity index (χ0) is 16.1. The Morgan fingerprint density at radius 3 is 2.65 bits per heavy atom. The first-order valence-electron chi connectivity index (χ1n) is 8.12. The summed E-state index contributed by atoms with van der Waals surface area (Å²) in [5, 5.41) is 14.1. The van der Waals surface area contributed by atoms with Gasteiger partial charge in [-0.05, 0) is 42.9 Å². The van der Waals surface area contributed by atoms with Crippen LogP contribution in [0.15, 0.2) is 42.5 Å². The second-order valence-corrected chi connectivity index (χ2v) is 6.01. The maximum absolute atomic E-state index is 11.5. The predicted octanol–water partition coefficient (Wildman–Crippen LogP) is 2.66. The van der Waals surface area contributed by atoms with Crippen LogP contribution in [0.1, 0.15) is 35.3 Å². The topological polar surface area (TPSA) is 66.9 Å². The van der Waals surface area contributed by atoms with Gasteiger partial charge in [0, 0.05) is 13.1 Å². The van der Waals surface area contributed by atoms with Crippen LogP contribution < -0.4 is 10.6 Å². The van der Waals surface area contributed by atoms with Crippen molar-refractivity contribution in [3.63, 3.8) is 0 Å². The number of nitrogens with one attached hydrogen (secondary N) is 2. The molecule has 120 valence electrons. The normalized spacial score (nSPS) is 20.2. The van der Waals surface area contributed by atoms with Crippen molar-refractivity contribution in [1.29, 1.82) is 0 Å². The van der Waals surface area contributed by atoms with Crippen LogP contribution in [0.5, 0.6) is 0 Å². The van der Waals surface area contributed by atoms with E-state index in [9.17, 15) is 4.79 Å². The lowest BCUT2D eigenvalue weighted by Crippen LogP contribution is -2.26. The molecule has 0 saturated heterocycles. The smallest absolute Gasteiger partial charge is 0.271 e. The highest BCUT2D eigenvalue weighted by Crippen LogP contribution is 2.30. The number of hydrogen-bond donors (Lipinski definition) is 2. The van der Waals surface area contributed by atoms with E-state index in [-0.39, 0.29) is 5.91 Å². The van der Waals surface area contributed by atoms with Gasteiger partial charge < -0.3 is 10.6 Å². The lowest BCUT2D eigenvalue weighted by molar-refractivity contribution is 0.0957. The van der Waals surface area contributed by atoms with Gasteiger partial charge in [0.1, 0.15) is 5.82 Å². The zero-order valence-electron chi connectivity index (χ0n) is 13.3. The molecule has 2 atom stereocenters. The van der Waals surface area contributed by atoms with Crippen molar-refractivity contribution in [3.8, 4) is 0 Å². The molecule has 1 amide bonds. The van der Waals surface area contributed by atoms with Gasteiger partial charge in [-0.3, -0.25) is 4.79 Å². The summed E-state index contributed by atoms with van der Waals surface area (Å²) in [6.45, 7) is 0. The zero-order valence-corrected chi connectivity index (χ0v) is 13.3. The monoisotopic (exact) mass is 310 g/mol. The minimum atomic E-state index is -0.216. The first-order valence-corrected chi connectivity index (χ1v) is 8.12. The molecule has 2 N–H and O–H groups in total. The van der Waals surface area contributed by atoms with Gasteiger partial charge >= 0.3 is 0 Å². The number of anilines is 1. The number of nitrogens with zero attached hydrogens (tertiary/aromatic N) is 2. The quantitative estimate of drug-likeness (QED) is 0.891. The van der Waals surface area contributed by atoms with Crippen LogP contribution >= 0.6 is 0 Å². The van der Waals surface area contributed by atoms with Crippen molar-refractivity contribution in [1.82, 2.24) is 15.5 Å². The Morgan fingerprint density at radius 2 is 1.96 bits per heavy atom. The maximum atomic E-state index is 11.5. The molecule has 1 aliphatic rings. The second-order valence-electron chi connectivity index (χ2n) is 6.01. The number of rotatable bonds is 5. The third-order valence-corrected chi connectivity index (χ3v) is 4.46. The SMILES string of the molecule is CNC(=O)c1ccc(NC2CCCC2Cc2ccccc2)nn1. The number of carbonyl (C=O) groups excluding carboxylic acids is 1. The van der Waals surface area contributed by atoms with E-state index in [1.54, 1.807) is 13.1 Å². The van der Waals surface area contributed by atoms with E-state index in [1.807, 2.05) is 6.07 Å². The van der Waals surface area contributed by atoms with Crippen molar-refractivity contribution >= 4 is 11.7 Å². The summed E-state index contributed by atoms with van der Waals surface area (Å²) in [4.78, 5) is 11.5. The van der Waals surface area contributed by atoms with Gasteiger partial charge in [0.05, 0.1) is 0 Å². The van der Waals surface area contributed by atoms with Gasteiger partial charge in [0.2, 0.25) is 0 Å². The molecule has 2 aromatic rings. The Labute approximate surface area is 136 Å². The number of benzene rings is 1. The fourth-order valence-electron chi connectivity index (χ4n) is 3.24. The fourth-order valence-corrected chi connectivity index (χ4v) is 3.24. The Balaban J connectivity index is 1.63. The van der Waals surface area contributed by atoms with Crippen molar-refractivity contribution in [2.24, 2.45) is 5.92 Å². The molecule has 5 heteroatoms. The summed E-state index contributed by atoms with van der Waals surface area (Å²) in [5.74, 6) is 1.13. The molecule has 1 heterocycles. The van der Waals surface area contributed by atoms with Gasteiger partial charge in [0.25, 0.3) is 5.91 Å². The van der Waals surface area contributed by atoms with Crippen LogP contribution in [0.25, 0.3) is 0 Å². The summed E-state index contributed by atoms with van der Waals surface area (Å²) in [6.07, 6.45) is 4.70. The standard InChI is InChI=1S/C18H22N4O/c1-19-18(23)16-10-11-17(22-21-16)20-15-9-5-8-14(15)12-13-6-3-2-4-7-13/h2-4,6-7,10-11,14-15H,5,8-9,12H2,1H3,(H,19,23)(H,20,22). The summed E-state index contributed by atoms with van der Waals surface area (Å²) in [5.41, 5.74) is 1.72.